The molecule has 1 rings (SSSR count). The fourth-order valence-corrected chi connectivity index (χ4v) is 0.921. The van der Waals surface area contributed by atoms with E-state index in [2.05, 4.69) is 15.5 Å². The van der Waals surface area contributed by atoms with Crippen molar-refractivity contribution in [3.63, 3.8) is 0 Å². The molecule has 1 aromatic heterocycles. The van der Waals surface area contributed by atoms with Crippen LogP contribution in [0.2, 0.25) is 0 Å². The van der Waals surface area contributed by atoms with Crippen molar-refractivity contribution in [3.05, 3.63) is 18.0 Å². The summed E-state index contributed by atoms with van der Waals surface area (Å²) in [6, 6.07) is 0. The number of rotatable bonds is 4. The number of amides is 1. The minimum absolute atomic E-state index is 0.0359. The summed E-state index contributed by atoms with van der Waals surface area (Å²) in [4.78, 5) is 10.9. The molecule has 66 valence electrons. The third-order valence-corrected chi connectivity index (χ3v) is 1.56. The fourth-order valence-electron chi connectivity index (χ4n) is 0.749. The van der Waals surface area contributed by atoms with Gasteiger partial charge in [0.2, 0.25) is 5.91 Å². The van der Waals surface area contributed by atoms with Crippen LogP contribution in [-0.2, 0) is 11.3 Å². The molecule has 0 unspecified atom stereocenters. The lowest BCUT2D eigenvalue weighted by Crippen LogP contribution is -2.22. The predicted molar refractivity (Wildman–Crippen MR) is 45.8 cm³/mol. The normalized spacial score (nSPS) is 9.75. The van der Waals surface area contributed by atoms with Crippen molar-refractivity contribution in [2.75, 3.05) is 5.88 Å². The highest BCUT2D eigenvalue weighted by molar-refractivity contribution is 6.18. The first kappa shape index (κ1) is 9.06. The maximum absolute atomic E-state index is 10.9. The van der Waals surface area contributed by atoms with Crippen LogP contribution in [0.3, 0.4) is 0 Å². The van der Waals surface area contributed by atoms with Crippen LogP contribution in [0, 0.1) is 0 Å². The third-order valence-electron chi connectivity index (χ3n) is 1.37. The van der Waals surface area contributed by atoms with Gasteiger partial charge in [-0.3, -0.25) is 9.89 Å². The molecule has 2 N–H and O–H groups in total. The second-order valence-corrected chi connectivity index (χ2v) is 2.70. The van der Waals surface area contributed by atoms with E-state index in [0.29, 0.717) is 18.8 Å². The summed E-state index contributed by atoms with van der Waals surface area (Å²) in [5.74, 6) is 0.322. The van der Waals surface area contributed by atoms with Crippen molar-refractivity contribution >= 4 is 17.5 Å². The van der Waals surface area contributed by atoms with E-state index >= 15 is 0 Å². The van der Waals surface area contributed by atoms with E-state index in [1.807, 2.05) is 0 Å². The highest BCUT2D eigenvalue weighted by Gasteiger charge is 1.99. The van der Waals surface area contributed by atoms with Crippen molar-refractivity contribution in [1.29, 1.82) is 0 Å². The second-order valence-electron chi connectivity index (χ2n) is 2.32. The molecule has 0 aliphatic heterocycles. The Hall–Kier alpha value is -1.03. The molecule has 1 aromatic rings. The zero-order chi connectivity index (χ0) is 8.81. The molecular formula is C7H10ClN3O. The van der Waals surface area contributed by atoms with Crippen LogP contribution in [0.5, 0.6) is 0 Å². The molecule has 0 spiro atoms. The Balaban J connectivity index is 2.22. The number of nitrogens with one attached hydrogen (secondary N) is 2. The Bertz CT molecular complexity index is 235. The minimum atomic E-state index is -0.0359. The first-order valence-electron chi connectivity index (χ1n) is 3.63. The Morgan fingerprint density at radius 3 is 3.17 bits per heavy atom. The van der Waals surface area contributed by atoms with E-state index in [9.17, 15) is 4.79 Å². The molecule has 0 saturated carbocycles. The minimum Gasteiger partial charge on any atom is -0.352 e. The molecule has 0 bridgehead atoms. The van der Waals surface area contributed by atoms with Crippen LogP contribution in [0.25, 0.3) is 0 Å². The van der Waals surface area contributed by atoms with E-state index in [1.54, 1.807) is 12.4 Å². The van der Waals surface area contributed by atoms with Gasteiger partial charge in [0.05, 0.1) is 6.20 Å². The topological polar surface area (TPSA) is 57.8 Å². The number of H-pyrrole nitrogens is 1. The maximum Gasteiger partial charge on any atom is 0.221 e. The standard InChI is InChI=1S/C7H10ClN3O/c8-2-1-7(12)9-3-6-4-10-11-5-6/h4-5H,1-3H2,(H,9,12)(H,10,11). The molecule has 5 heteroatoms. The van der Waals surface area contributed by atoms with Gasteiger partial charge in [0.25, 0.3) is 0 Å². The Morgan fingerprint density at radius 1 is 1.75 bits per heavy atom. The molecule has 1 heterocycles. The lowest BCUT2D eigenvalue weighted by atomic mass is 10.3. The Morgan fingerprint density at radius 2 is 2.58 bits per heavy atom. The van der Waals surface area contributed by atoms with Crippen molar-refractivity contribution in [1.82, 2.24) is 15.5 Å². The SMILES string of the molecule is O=C(CCCl)NCc1cn[nH]c1. The van der Waals surface area contributed by atoms with Crippen LogP contribution < -0.4 is 5.32 Å². The quantitative estimate of drug-likeness (QED) is 0.681. The van der Waals surface area contributed by atoms with Gasteiger partial charge in [0.15, 0.2) is 0 Å². The number of halogens is 1. The lowest BCUT2D eigenvalue weighted by molar-refractivity contribution is -0.120. The fraction of sp³-hybridized carbons (Fsp3) is 0.429. The lowest BCUT2D eigenvalue weighted by Gasteiger charge is -1.99. The van der Waals surface area contributed by atoms with E-state index in [1.165, 1.54) is 0 Å². The first-order chi connectivity index (χ1) is 5.83. The van der Waals surface area contributed by atoms with Crippen LogP contribution in [0.15, 0.2) is 12.4 Å². The zero-order valence-electron chi connectivity index (χ0n) is 6.51. The predicted octanol–water partition coefficient (Wildman–Crippen LogP) is 0.655. The van der Waals surface area contributed by atoms with Gasteiger partial charge in [-0.05, 0) is 0 Å². The summed E-state index contributed by atoms with van der Waals surface area (Å²) in [5, 5.41) is 9.10. The van der Waals surface area contributed by atoms with Gasteiger partial charge < -0.3 is 5.32 Å². The van der Waals surface area contributed by atoms with Gasteiger partial charge in [-0.25, -0.2) is 0 Å². The molecular weight excluding hydrogens is 178 g/mol. The Labute approximate surface area is 75.3 Å². The highest BCUT2D eigenvalue weighted by atomic mass is 35.5. The van der Waals surface area contributed by atoms with Crippen LogP contribution >= 0.6 is 11.6 Å². The van der Waals surface area contributed by atoms with Crippen molar-refractivity contribution in [2.45, 2.75) is 13.0 Å². The Kier molecular flexibility index (Phi) is 3.60. The van der Waals surface area contributed by atoms with Gasteiger partial charge in [0, 0.05) is 30.6 Å². The van der Waals surface area contributed by atoms with E-state index < -0.39 is 0 Å². The molecule has 0 radical (unpaired) electrons. The molecule has 0 aliphatic rings. The van der Waals surface area contributed by atoms with Crippen LogP contribution in [0.4, 0.5) is 0 Å². The number of alkyl halides is 1. The van der Waals surface area contributed by atoms with Crippen LogP contribution in [-0.4, -0.2) is 22.0 Å². The number of hydrogen-bond donors (Lipinski definition) is 2. The number of carbonyl (C=O) groups is 1. The number of aromatic amines is 1. The van der Waals surface area contributed by atoms with Gasteiger partial charge in [-0.15, -0.1) is 11.6 Å². The molecule has 12 heavy (non-hydrogen) atoms. The maximum atomic E-state index is 10.9. The van der Waals surface area contributed by atoms with E-state index in [4.69, 9.17) is 11.6 Å². The van der Waals surface area contributed by atoms with Gasteiger partial charge in [0.1, 0.15) is 0 Å². The highest BCUT2D eigenvalue weighted by Crippen LogP contribution is 1.92. The van der Waals surface area contributed by atoms with Crippen molar-refractivity contribution in [3.8, 4) is 0 Å². The number of nitrogens with zero attached hydrogens (tertiary/aromatic N) is 1. The first-order valence-corrected chi connectivity index (χ1v) is 4.16. The second kappa shape index (κ2) is 4.77. The summed E-state index contributed by atoms with van der Waals surface area (Å²) in [6.45, 7) is 0.506. The molecule has 0 aromatic carbocycles. The molecule has 1 amide bonds. The third kappa shape index (κ3) is 2.92. The summed E-state index contributed by atoms with van der Waals surface area (Å²) >= 11 is 5.38. The molecule has 0 saturated heterocycles. The molecule has 0 aliphatic carbocycles. The van der Waals surface area contributed by atoms with E-state index in [0.717, 1.165) is 5.56 Å². The van der Waals surface area contributed by atoms with Crippen molar-refractivity contribution < 1.29 is 4.79 Å². The summed E-state index contributed by atoms with van der Waals surface area (Å²) in [7, 11) is 0. The van der Waals surface area contributed by atoms with Crippen LogP contribution in [0.1, 0.15) is 12.0 Å². The largest absolute Gasteiger partial charge is 0.352 e. The number of aromatic nitrogens is 2. The van der Waals surface area contributed by atoms with Gasteiger partial charge in [-0.2, -0.15) is 5.10 Å². The monoisotopic (exact) mass is 187 g/mol. The molecule has 0 fully saturated rings. The van der Waals surface area contributed by atoms with E-state index in [-0.39, 0.29) is 5.91 Å². The van der Waals surface area contributed by atoms with Gasteiger partial charge >= 0.3 is 0 Å². The number of carbonyl (C=O) groups excluding carboxylic acids is 1. The smallest absolute Gasteiger partial charge is 0.221 e. The zero-order valence-corrected chi connectivity index (χ0v) is 7.27. The summed E-state index contributed by atoms with van der Waals surface area (Å²) < 4.78 is 0. The molecule has 0 atom stereocenters. The number of hydrogen-bond acceptors (Lipinski definition) is 2. The average molecular weight is 188 g/mol. The summed E-state index contributed by atoms with van der Waals surface area (Å²) in [5.41, 5.74) is 0.956. The van der Waals surface area contributed by atoms with Crippen molar-refractivity contribution in [2.24, 2.45) is 0 Å². The summed E-state index contributed by atoms with van der Waals surface area (Å²) in [6.07, 6.45) is 3.77. The molecule has 4 nitrogen and oxygen atoms in total. The van der Waals surface area contributed by atoms with Gasteiger partial charge in [-0.1, -0.05) is 0 Å². The average Bonchev–Trinajstić information content (AvgIpc) is 2.53.